The van der Waals surface area contributed by atoms with Gasteiger partial charge in [-0.15, -0.1) is 0 Å². The Hall–Kier alpha value is -0.330. The molecule has 0 saturated carbocycles. The maximum Gasteiger partial charge on any atom is 0.266 e. The first-order valence-electron chi connectivity index (χ1n) is 2.95. The van der Waals surface area contributed by atoms with Gasteiger partial charge in [-0.05, 0) is 34.7 Å². The van der Waals surface area contributed by atoms with Gasteiger partial charge in [0.1, 0.15) is 0 Å². The summed E-state index contributed by atoms with van der Waals surface area (Å²) in [5.74, 6) is -2.68. The summed E-state index contributed by atoms with van der Waals surface area (Å²) in [6.45, 7) is 0. The maximum absolute atomic E-state index is 12.7. The van der Waals surface area contributed by atoms with Crippen molar-refractivity contribution in [3.63, 3.8) is 0 Å². The molecule has 0 aromatic heterocycles. The molecule has 5 heteroatoms. The molecule has 0 aliphatic carbocycles. The van der Waals surface area contributed by atoms with Gasteiger partial charge < -0.3 is 0 Å². The van der Waals surface area contributed by atoms with Gasteiger partial charge >= 0.3 is 0 Å². The Morgan fingerprint density at radius 2 is 1.67 bits per heavy atom. The molecular weight excluding hydrogens is 287 g/mol. The highest BCUT2D eigenvalue weighted by Crippen LogP contribution is 2.25. The lowest BCUT2D eigenvalue weighted by atomic mass is 10.2. The topological polar surface area (TPSA) is 0 Å². The van der Waals surface area contributed by atoms with Crippen LogP contribution in [0, 0.1) is 15.2 Å². The van der Waals surface area contributed by atoms with E-state index in [4.69, 9.17) is 0 Å². The smallest absolute Gasteiger partial charge is 0.205 e. The van der Waals surface area contributed by atoms with Crippen molar-refractivity contribution in [3.05, 3.63) is 32.9 Å². The van der Waals surface area contributed by atoms with Gasteiger partial charge in [0.15, 0.2) is 11.6 Å². The van der Waals surface area contributed by atoms with Crippen molar-refractivity contribution in [1.82, 2.24) is 0 Å². The van der Waals surface area contributed by atoms with Crippen molar-refractivity contribution in [2.24, 2.45) is 0 Å². The fourth-order valence-electron chi connectivity index (χ4n) is 0.709. The minimum atomic E-state index is -2.98. The van der Waals surface area contributed by atoms with Crippen LogP contribution in [-0.2, 0) is 0 Å². The number of benzene rings is 1. The van der Waals surface area contributed by atoms with Crippen molar-refractivity contribution in [2.45, 2.75) is 6.43 Å². The molecule has 0 aliphatic rings. The summed E-state index contributed by atoms with van der Waals surface area (Å²) in [5, 5.41) is 0. The highest BCUT2D eigenvalue weighted by molar-refractivity contribution is 14.1. The Labute approximate surface area is 79.7 Å². The van der Waals surface area contributed by atoms with E-state index in [1.165, 1.54) is 22.6 Å². The van der Waals surface area contributed by atoms with Crippen LogP contribution in [0.4, 0.5) is 17.6 Å². The van der Waals surface area contributed by atoms with Crippen LogP contribution in [0.5, 0.6) is 0 Å². The first-order valence-corrected chi connectivity index (χ1v) is 4.03. The SMILES string of the molecule is Fc1c(I)ccc(C(F)F)c1F. The first-order chi connectivity index (χ1) is 5.54. The van der Waals surface area contributed by atoms with Gasteiger partial charge in [0.2, 0.25) is 0 Å². The van der Waals surface area contributed by atoms with E-state index in [1.807, 2.05) is 0 Å². The maximum atomic E-state index is 12.7. The van der Waals surface area contributed by atoms with E-state index in [0.717, 1.165) is 12.1 Å². The monoisotopic (exact) mass is 290 g/mol. The molecule has 0 radical (unpaired) electrons. The molecule has 1 aromatic rings. The largest absolute Gasteiger partial charge is 0.266 e. The molecule has 1 aromatic carbocycles. The number of rotatable bonds is 1. The average molecular weight is 290 g/mol. The molecule has 1 rings (SSSR count). The van der Waals surface area contributed by atoms with Crippen LogP contribution in [0.2, 0.25) is 0 Å². The summed E-state index contributed by atoms with van der Waals surface area (Å²) in [4.78, 5) is 0. The molecule has 0 spiro atoms. The second kappa shape index (κ2) is 3.59. The van der Waals surface area contributed by atoms with Gasteiger partial charge in [-0.1, -0.05) is 0 Å². The van der Waals surface area contributed by atoms with Crippen LogP contribution in [-0.4, -0.2) is 0 Å². The molecule has 0 unspecified atom stereocenters. The lowest BCUT2D eigenvalue weighted by Gasteiger charge is -2.02. The normalized spacial score (nSPS) is 10.8. The fourth-order valence-corrected chi connectivity index (χ4v) is 1.13. The third kappa shape index (κ3) is 1.70. The predicted octanol–water partition coefficient (Wildman–Crippen LogP) is 3.51. The van der Waals surface area contributed by atoms with Crippen molar-refractivity contribution in [3.8, 4) is 0 Å². The Balaban J connectivity index is 3.27. The molecule has 0 nitrogen and oxygen atoms in total. The third-order valence-electron chi connectivity index (χ3n) is 1.30. The van der Waals surface area contributed by atoms with Gasteiger partial charge in [-0.25, -0.2) is 17.6 Å². The van der Waals surface area contributed by atoms with Crippen LogP contribution in [0.15, 0.2) is 12.1 Å². The molecule has 0 saturated heterocycles. The second-order valence-corrected chi connectivity index (χ2v) is 3.23. The van der Waals surface area contributed by atoms with Crippen LogP contribution < -0.4 is 0 Å². The van der Waals surface area contributed by atoms with E-state index in [0.29, 0.717) is 0 Å². The van der Waals surface area contributed by atoms with Crippen LogP contribution in [0.3, 0.4) is 0 Å². The van der Waals surface area contributed by atoms with Crippen LogP contribution in [0.1, 0.15) is 12.0 Å². The Morgan fingerprint density at radius 3 is 2.17 bits per heavy atom. The minimum Gasteiger partial charge on any atom is -0.205 e. The van der Waals surface area contributed by atoms with Crippen molar-refractivity contribution in [2.75, 3.05) is 0 Å². The van der Waals surface area contributed by atoms with Crippen LogP contribution >= 0.6 is 22.6 Å². The average Bonchev–Trinajstić information content (AvgIpc) is 2.00. The van der Waals surface area contributed by atoms with E-state index in [-0.39, 0.29) is 3.57 Å². The first kappa shape index (κ1) is 9.76. The molecule has 0 N–H and O–H groups in total. The summed E-state index contributed by atoms with van der Waals surface area (Å²) in [6.07, 6.45) is -2.98. The van der Waals surface area contributed by atoms with Gasteiger partial charge in [0.05, 0.1) is 9.13 Å². The molecule has 0 heterocycles. The third-order valence-corrected chi connectivity index (χ3v) is 2.13. The Bertz CT molecular complexity index is 298. The van der Waals surface area contributed by atoms with E-state index >= 15 is 0 Å². The predicted molar refractivity (Wildman–Crippen MR) is 44.0 cm³/mol. The van der Waals surface area contributed by atoms with Gasteiger partial charge in [0.25, 0.3) is 6.43 Å². The van der Waals surface area contributed by atoms with Crippen molar-refractivity contribution >= 4 is 22.6 Å². The quantitative estimate of drug-likeness (QED) is 0.422. The van der Waals surface area contributed by atoms with Crippen LogP contribution in [0.25, 0.3) is 0 Å². The highest BCUT2D eigenvalue weighted by atomic mass is 127. The number of halogens is 5. The standard InChI is InChI=1S/C7H3F4I/c8-5-3(7(10)11)1-2-4(12)6(5)9/h1-2,7H. The lowest BCUT2D eigenvalue weighted by Crippen LogP contribution is -1.96. The zero-order chi connectivity index (χ0) is 9.30. The number of alkyl halides is 2. The van der Waals surface area contributed by atoms with Gasteiger partial charge in [0, 0.05) is 0 Å². The molecular formula is C7H3F4I. The summed E-state index contributed by atoms with van der Waals surface area (Å²) >= 11 is 1.53. The van der Waals surface area contributed by atoms with Crippen molar-refractivity contribution in [1.29, 1.82) is 0 Å². The molecule has 66 valence electrons. The zero-order valence-corrected chi connectivity index (χ0v) is 7.78. The molecule has 0 bridgehead atoms. The number of hydrogen-bond donors (Lipinski definition) is 0. The summed E-state index contributed by atoms with van der Waals surface area (Å²) in [7, 11) is 0. The molecule has 0 fully saturated rings. The fraction of sp³-hybridized carbons (Fsp3) is 0.143. The van der Waals surface area contributed by atoms with E-state index < -0.39 is 23.6 Å². The minimum absolute atomic E-state index is 0.00509. The Morgan fingerprint density at radius 1 is 1.08 bits per heavy atom. The van der Waals surface area contributed by atoms with E-state index in [1.54, 1.807) is 0 Å². The molecule has 12 heavy (non-hydrogen) atoms. The highest BCUT2D eigenvalue weighted by Gasteiger charge is 2.18. The van der Waals surface area contributed by atoms with E-state index in [2.05, 4.69) is 0 Å². The summed E-state index contributed by atoms with van der Waals surface area (Å²) in [6, 6.07) is 1.99. The summed E-state index contributed by atoms with van der Waals surface area (Å²) < 4.78 is 49.1. The van der Waals surface area contributed by atoms with Gasteiger partial charge in [-0.2, -0.15) is 0 Å². The summed E-state index contributed by atoms with van der Waals surface area (Å²) in [5.41, 5.74) is -0.895. The molecule has 0 atom stereocenters. The van der Waals surface area contributed by atoms with Gasteiger partial charge in [-0.3, -0.25) is 0 Å². The Kier molecular flexibility index (Phi) is 2.92. The van der Waals surface area contributed by atoms with E-state index in [9.17, 15) is 17.6 Å². The lowest BCUT2D eigenvalue weighted by molar-refractivity contribution is 0.145. The van der Waals surface area contributed by atoms with Crippen molar-refractivity contribution < 1.29 is 17.6 Å². The second-order valence-electron chi connectivity index (χ2n) is 2.07. The molecule has 0 amide bonds. The zero-order valence-electron chi connectivity index (χ0n) is 5.62. The number of hydrogen-bond acceptors (Lipinski definition) is 0. The molecule has 0 aliphatic heterocycles.